The Morgan fingerprint density at radius 2 is 2.00 bits per heavy atom. The number of aryl methyl sites for hydroxylation is 2. The molecule has 0 unspecified atom stereocenters. The number of ether oxygens (including phenoxy) is 1. The van der Waals surface area contributed by atoms with Crippen LogP contribution < -0.4 is 10.1 Å². The minimum atomic E-state index is 0.464. The van der Waals surface area contributed by atoms with Gasteiger partial charge in [0.1, 0.15) is 6.61 Å². The van der Waals surface area contributed by atoms with Crippen LogP contribution in [-0.2, 0) is 6.61 Å². The molecule has 0 spiro atoms. The van der Waals surface area contributed by atoms with Gasteiger partial charge in [-0.05, 0) is 43.3 Å². The zero-order chi connectivity index (χ0) is 13.7. The molecule has 1 N–H and O–H groups in total. The molecule has 0 bridgehead atoms. The fourth-order valence-electron chi connectivity index (χ4n) is 1.72. The van der Waals surface area contributed by atoms with Gasteiger partial charge in [0.05, 0.1) is 0 Å². The lowest BCUT2D eigenvalue weighted by Crippen LogP contribution is -2.01. The number of nitrogens with zero attached hydrogens (tertiary/aromatic N) is 2. The third-order valence-electron chi connectivity index (χ3n) is 2.55. The van der Waals surface area contributed by atoms with Gasteiger partial charge in [0.25, 0.3) is 0 Å². The maximum absolute atomic E-state index is 5.80. The molecule has 2 heterocycles. The summed E-state index contributed by atoms with van der Waals surface area (Å²) in [6.45, 7) is 8.08. The van der Waals surface area contributed by atoms with Crippen molar-refractivity contribution in [3.05, 3.63) is 60.2 Å². The first-order chi connectivity index (χ1) is 9.19. The molecule has 0 aliphatic carbocycles. The van der Waals surface area contributed by atoms with E-state index in [0.717, 1.165) is 16.7 Å². The van der Waals surface area contributed by atoms with Crippen LogP contribution in [-0.4, -0.2) is 9.97 Å². The summed E-state index contributed by atoms with van der Waals surface area (Å²) in [7, 11) is 0. The molecule has 2 aromatic heterocycles. The fourth-order valence-corrected chi connectivity index (χ4v) is 1.72. The van der Waals surface area contributed by atoms with E-state index in [4.69, 9.17) is 4.74 Å². The lowest BCUT2D eigenvalue weighted by atomic mass is 10.2. The van der Waals surface area contributed by atoms with E-state index in [0.29, 0.717) is 18.2 Å². The number of anilines is 1. The molecule has 2 rings (SSSR count). The molecule has 0 amide bonds. The SMILES string of the molecule is C=CNc1ncc(C)cc1OCc1cncc(C)c1. The Hall–Kier alpha value is -2.36. The molecule has 0 fully saturated rings. The van der Waals surface area contributed by atoms with Crippen molar-refractivity contribution >= 4 is 5.82 Å². The zero-order valence-corrected chi connectivity index (χ0v) is 11.2. The molecule has 4 heteroatoms. The Morgan fingerprint density at radius 3 is 2.74 bits per heavy atom. The lowest BCUT2D eigenvalue weighted by Gasteiger charge is -2.11. The molecule has 0 aliphatic rings. The van der Waals surface area contributed by atoms with Crippen LogP contribution in [0.1, 0.15) is 16.7 Å². The predicted octanol–water partition coefficient (Wildman–Crippen LogP) is 3.23. The van der Waals surface area contributed by atoms with Gasteiger partial charge in [-0.25, -0.2) is 4.98 Å². The molecular formula is C15H17N3O. The first-order valence-corrected chi connectivity index (χ1v) is 6.06. The van der Waals surface area contributed by atoms with Gasteiger partial charge in [-0.1, -0.05) is 6.58 Å². The monoisotopic (exact) mass is 255 g/mol. The van der Waals surface area contributed by atoms with Crippen molar-refractivity contribution in [3.63, 3.8) is 0 Å². The molecule has 98 valence electrons. The highest BCUT2D eigenvalue weighted by atomic mass is 16.5. The summed E-state index contributed by atoms with van der Waals surface area (Å²) in [6.07, 6.45) is 6.99. The molecule has 2 aromatic rings. The molecule has 0 aromatic carbocycles. The normalized spacial score (nSPS) is 10.0. The van der Waals surface area contributed by atoms with Gasteiger partial charge in [-0.3, -0.25) is 4.98 Å². The molecule has 0 atom stereocenters. The maximum atomic E-state index is 5.80. The van der Waals surface area contributed by atoms with E-state index in [1.807, 2.05) is 26.1 Å². The second kappa shape index (κ2) is 6.00. The molecule has 4 nitrogen and oxygen atoms in total. The standard InChI is InChI=1S/C15H17N3O/c1-4-17-15-14(6-12(3)8-18-15)19-10-13-5-11(2)7-16-9-13/h4-9H,1,10H2,2-3H3,(H,17,18). The molecule has 0 saturated carbocycles. The maximum Gasteiger partial charge on any atom is 0.172 e. The van der Waals surface area contributed by atoms with Crippen molar-refractivity contribution in [3.8, 4) is 5.75 Å². The molecule has 19 heavy (non-hydrogen) atoms. The summed E-state index contributed by atoms with van der Waals surface area (Å²) < 4.78 is 5.80. The third-order valence-corrected chi connectivity index (χ3v) is 2.55. The lowest BCUT2D eigenvalue weighted by molar-refractivity contribution is 0.306. The second-order valence-electron chi connectivity index (χ2n) is 4.37. The first kappa shape index (κ1) is 13.1. The van der Waals surface area contributed by atoms with Crippen LogP contribution in [0.25, 0.3) is 0 Å². The van der Waals surface area contributed by atoms with Gasteiger partial charge in [0, 0.05) is 24.2 Å². The van der Waals surface area contributed by atoms with Crippen LogP contribution in [0.2, 0.25) is 0 Å². The summed E-state index contributed by atoms with van der Waals surface area (Å²) in [4.78, 5) is 8.42. The minimum Gasteiger partial charge on any atom is -0.485 e. The molecule has 0 radical (unpaired) electrons. The van der Waals surface area contributed by atoms with E-state index in [1.165, 1.54) is 0 Å². The van der Waals surface area contributed by atoms with E-state index < -0.39 is 0 Å². The van der Waals surface area contributed by atoms with Crippen molar-refractivity contribution in [1.29, 1.82) is 0 Å². The number of nitrogens with one attached hydrogen (secondary N) is 1. The smallest absolute Gasteiger partial charge is 0.172 e. The van der Waals surface area contributed by atoms with Crippen LogP contribution in [0, 0.1) is 13.8 Å². The molecule has 0 aliphatic heterocycles. The highest BCUT2D eigenvalue weighted by molar-refractivity contribution is 5.52. The van der Waals surface area contributed by atoms with E-state index in [-0.39, 0.29) is 0 Å². The van der Waals surface area contributed by atoms with Gasteiger partial charge in [-0.15, -0.1) is 0 Å². The van der Waals surface area contributed by atoms with Crippen molar-refractivity contribution in [2.75, 3.05) is 5.32 Å². The van der Waals surface area contributed by atoms with E-state index in [1.54, 1.807) is 18.6 Å². The number of pyridine rings is 2. The van der Waals surface area contributed by atoms with Crippen LogP contribution in [0.5, 0.6) is 5.75 Å². The second-order valence-corrected chi connectivity index (χ2v) is 4.37. The summed E-state index contributed by atoms with van der Waals surface area (Å²) in [5.74, 6) is 1.38. The Labute approximate surface area is 113 Å². The summed E-state index contributed by atoms with van der Waals surface area (Å²) in [6, 6.07) is 4.00. The third kappa shape index (κ3) is 3.55. The quantitative estimate of drug-likeness (QED) is 0.891. The number of hydrogen-bond acceptors (Lipinski definition) is 4. The number of hydrogen-bond donors (Lipinski definition) is 1. The Bertz CT molecular complexity index is 581. The largest absolute Gasteiger partial charge is 0.485 e. The van der Waals surface area contributed by atoms with Gasteiger partial charge in [0.2, 0.25) is 0 Å². The molecular weight excluding hydrogens is 238 g/mol. The van der Waals surface area contributed by atoms with Crippen molar-refractivity contribution in [1.82, 2.24) is 9.97 Å². The summed E-state index contributed by atoms with van der Waals surface area (Å²) in [5.41, 5.74) is 3.20. The van der Waals surface area contributed by atoms with Crippen LogP contribution in [0.15, 0.2) is 43.5 Å². The van der Waals surface area contributed by atoms with Crippen LogP contribution in [0.3, 0.4) is 0 Å². The van der Waals surface area contributed by atoms with Crippen molar-refractivity contribution in [2.24, 2.45) is 0 Å². The average Bonchev–Trinajstić information content (AvgIpc) is 2.39. The van der Waals surface area contributed by atoms with Gasteiger partial charge < -0.3 is 10.1 Å². The molecule has 0 saturated heterocycles. The summed E-state index contributed by atoms with van der Waals surface area (Å²) >= 11 is 0. The Morgan fingerprint density at radius 1 is 1.21 bits per heavy atom. The topological polar surface area (TPSA) is 47.0 Å². The number of rotatable bonds is 5. The number of aromatic nitrogens is 2. The Kier molecular flexibility index (Phi) is 4.13. The highest BCUT2D eigenvalue weighted by Gasteiger charge is 2.05. The highest BCUT2D eigenvalue weighted by Crippen LogP contribution is 2.23. The van der Waals surface area contributed by atoms with Crippen LogP contribution >= 0.6 is 0 Å². The van der Waals surface area contributed by atoms with Crippen LogP contribution in [0.4, 0.5) is 5.82 Å². The predicted molar refractivity (Wildman–Crippen MR) is 76.1 cm³/mol. The van der Waals surface area contributed by atoms with Gasteiger partial charge in [0.15, 0.2) is 11.6 Å². The van der Waals surface area contributed by atoms with Gasteiger partial charge in [-0.2, -0.15) is 0 Å². The Balaban J connectivity index is 2.14. The van der Waals surface area contributed by atoms with Crippen molar-refractivity contribution in [2.45, 2.75) is 20.5 Å². The van der Waals surface area contributed by atoms with E-state index in [2.05, 4.69) is 27.9 Å². The average molecular weight is 255 g/mol. The van der Waals surface area contributed by atoms with E-state index >= 15 is 0 Å². The minimum absolute atomic E-state index is 0.464. The fraction of sp³-hybridized carbons (Fsp3) is 0.200. The van der Waals surface area contributed by atoms with Crippen molar-refractivity contribution < 1.29 is 4.74 Å². The van der Waals surface area contributed by atoms with Gasteiger partial charge >= 0.3 is 0 Å². The summed E-state index contributed by atoms with van der Waals surface area (Å²) in [5, 5.41) is 2.96. The first-order valence-electron chi connectivity index (χ1n) is 6.06. The zero-order valence-electron chi connectivity index (χ0n) is 11.2. The van der Waals surface area contributed by atoms with E-state index in [9.17, 15) is 0 Å².